The number of aromatic nitrogens is 1. The number of nitrogens with zero attached hydrogens (tertiary/aromatic N) is 1. The molecule has 1 amide bonds. The van der Waals surface area contributed by atoms with E-state index in [0.29, 0.717) is 19.1 Å². The van der Waals surface area contributed by atoms with Gasteiger partial charge in [-0.3, -0.25) is 4.79 Å². The molecule has 0 atom stereocenters. The number of nitrogens with one attached hydrogen (secondary N) is 1. The molecule has 1 heterocycles. The van der Waals surface area contributed by atoms with Gasteiger partial charge in [-0.2, -0.15) is 4.57 Å². The van der Waals surface area contributed by atoms with Crippen LogP contribution in [-0.4, -0.2) is 12.5 Å². The molecule has 2 aromatic rings. The Hall–Kier alpha value is -2.36. The Bertz CT molecular complexity index is 632. The van der Waals surface area contributed by atoms with Crippen molar-refractivity contribution in [1.29, 1.82) is 0 Å². The van der Waals surface area contributed by atoms with Crippen LogP contribution in [0.15, 0.2) is 48.8 Å². The monoisotopic (exact) mass is 327 g/mol. The molecule has 0 bridgehead atoms. The minimum atomic E-state index is -0.0422. The standard InChI is InChI=1S/C20H26N2O2/c1-4-16(5-2)17-11-13-22(14-12-17)15-20(23)21-18-7-9-19(10-8-18)24-6-3/h7-14,16H,4-6,15H2,1-3H3/p+1. The van der Waals surface area contributed by atoms with Crippen LogP contribution in [-0.2, 0) is 11.3 Å². The van der Waals surface area contributed by atoms with Crippen molar-refractivity contribution in [3.8, 4) is 5.75 Å². The van der Waals surface area contributed by atoms with Crippen LogP contribution < -0.4 is 14.6 Å². The van der Waals surface area contributed by atoms with Crippen molar-refractivity contribution in [1.82, 2.24) is 0 Å². The number of hydrogen-bond donors (Lipinski definition) is 1. The Balaban J connectivity index is 1.92. The second kappa shape index (κ2) is 9.06. The fraction of sp³-hybridized carbons (Fsp3) is 0.400. The summed E-state index contributed by atoms with van der Waals surface area (Å²) in [5, 5.41) is 2.90. The minimum Gasteiger partial charge on any atom is -0.494 e. The first-order valence-electron chi connectivity index (χ1n) is 8.67. The van der Waals surface area contributed by atoms with Crippen LogP contribution in [0, 0.1) is 0 Å². The Morgan fingerprint density at radius 3 is 2.21 bits per heavy atom. The Morgan fingerprint density at radius 1 is 1.04 bits per heavy atom. The first-order valence-corrected chi connectivity index (χ1v) is 8.67. The molecule has 0 radical (unpaired) electrons. The van der Waals surface area contributed by atoms with Gasteiger partial charge in [-0.15, -0.1) is 0 Å². The highest BCUT2D eigenvalue weighted by Gasteiger charge is 2.12. The zero-order valence-corrected chi connectivity index (χ0v) is 14.8. The number of amides is 1. The summed E-state index contributed by atoms with van der Waals surface area (Å²) in [5.41, 5.74) is 2.11. The van der Waals surface area contributed by atoms with Crippen molar-refractivity contribution in [2.24, 2.45) is 0 Å². The zero-order chi connectivity index (χ0) is 17.4. The number of anilines is 1. The first-order chi connectivity index (χ1) is 11.7. The molecule has 0 unspecified atom stereocenters. The van der Waals surface area contributed by atoms with Crippen molar-refractivity contribution in [2.75, 3.05) is 11.9 Å². The fourth-order valence-corrected chi connectivity index (χ4v) is 2.77. The van der Waals surface area contributed by atoms with Gasteiger partial charge in [-0.25, -0.2) is 0 Å². The van der Waals surface area contributed by atoms with E-state index in [1.54, 1.807) is 0 Å². The summed E-state index contributed by atoms with van der Waals surface area (Å²) in [5.74, 6) is 1.36. The van der Waals surface area contributed by atoms with E-state index in [4.69, 9.17) is 4.74 Å². The smallest absolute Gasteiger partial charge is 0.290 e. The van der Waals surface area contributed by atoms with Gasteiger partial charge >= 0.3 is 0 Å². The molecule has 4 heteroatoms. The number of carbonyl (C=O) groups excluding carboxylic acids is 1. The summed E-state index contributed by atoms with van der Waals surface area (Å²) in [7, 11) is 0. The van der Waals surface area contributed by atoms with Crippen LogP contribution in [0.4, 0.5) is 5.69 Å². The number of benzene rings is 1. The van der Waals surface area contributed by atoms with E-state index in [2.05, 4.69) is 31.3 Å². The van der Waals surface area contributed by atoms with E-state index < -0.39 is 0 Å². The third kappa shape index (κ3) is 5.08. The maximum atomic E-state index is 12.2. The highest BCUT2D eigenvalue weighted by molar-refractivity contribution is 5.89. The number of rotatable bonds is 8. The van der Waals surface area contributed by atoms with Crippen molar-refractivity contribution >= 4 is 11.6 Å². The molecule has 24 heavy (non-hydrogen) atoms. The summed E-state index contributed by atoms with van der Waals surface area (Å²) in [4.78, 5) is 12.2. The summed E-state index contributed by atoms with van der Waals surface area (Å²) in [6, 6.07) is 11.6. The number of hydrogen-bond acceptors (Lipinski definition) is 2. The molecule has 0 fully saturated rings. The molecule has 0 saturated heterocycles. The summed E-state index contributed by atoms with van der Waals surface area (Å²) >= 11 is 0. The molecule has 0 aliphatic rings. The number of pyridine rings is 1. The minimum absolute atomic E-state index is 0.0422. The second-order valence-electron chi connectivity index (χ2n) is 5.82. The SMILES string of the molecule is CCOc1ccc(NC(=O)C[n+]2ccc(C(CC)CC)cc2)cc1. The van der Waals surface area contributed by atoms with E-state index in [9.17, 15) is 4.79 Å². The predicted octanol–water partition coefficient (Wildman–Crippen LogP) is 3.92. The Morgan fingerprint density at radius 2 is 1.67 bits per heavy atom. The highest BCUT2D eigenvalue weighted by atomic mass is 16.5. The molecule has 0 aliphatic heterocycles. The van der Waals surface area contributed by atoms with E-state index in [1.807, 2.05) is 48.1 Å². The molecular formula is C20H27N2O2+. The lowest BCUT2D eigenvalue weighted by Gasteiger charge is -2.11. The molecule has 128 valence electrons. The highest BCUT2D eigenvalue weighted by Crippen LogP contribution is 2.21. The van der Waals surface area contributed by atoms with E-state index in [0.717, 1.165) is 24.3 Å². The van der Waals surface area contributed by atoms with Crippen LogP contribution >= 0.6 is 0 Å². The van der Waals surface area contributed by atoms with Gasteiger partial charge in [0.2, 0.25) is 6.54 Å². The number of ether oxygens (including phenoxy) is 1. The molecule has 1 aromatic heterocycles. The maximum absolute atomic E-state index is 12.2. The molecular weight excluding hydrogens is 300 g/mol. The van der Waals surface area contributed by atoms with Gasteiger partial charge in [0.15, 0.2) is 12.4 Å². The molecule has 0 spiro atoms. The van der Waals surface area contributed by atoms with Crippen LogP contribution in [0.25, 0.3) is 0 Å². The maximum Gasteiger partial charge on any atom is 0.290 e. The van der Waals surface area contributed by atoms with Crippen LogP contribution in [0.2, 0.25) is 0 Å². The van der Waals surface area contributed by atoms with Crippen molar-refractivity contribution < 1.29 is 14.1 Å². The van der Waals surface area contributed by atoms with Crippen molar-refractivity contribution in [2.45, 2.75) is 46.1 Å². The molecule has 0 aliphatic carbocycles. The topological polar surface area (TPSA) is 42.2 Å². The fourth-order valence-electron chi connectivity index (χ4n) is 2.77. The van der Waals surface area contributed by atoms with E-state index in [1.165, 1.54) is 5.56 Å². The van der Waals surface area contributed by atoms with Gasteiger partial charge in [-0.05, 0) is 55.5 Å². The largest absolute Gasteiger partial charge is 0.494 e. The van der Waals surface area contributed by atoms with E-state index in [-0.39, 0.29) is 5.91 Å². The lowest BCUT2D eigenvalue weighted by molar-refractivity contribution is -0.684. The normalized spacial score (nSPS) is 10.7. The average Bonchev–Trinajstić information content (AvgIpc) is 2.59. The Labute approximate surface area is 144 Å². The third-order valence-electron chi connectivity index (χ3n) is 4.15. The molecule has 0 saturated carbocycles. The molecule has 2 rings (SSSR count). The first kappa shape index (κ1) is 18.0. The quantitative estimate of drug-likeness (QED) is 0.747. The molecule has 1 N–H and O–H groups in total. The van der Waals surface area contributed by atoms with Gasteiger partial charge in [0.25, 0.3) is 5.91 Å². The van der Waals surface area contributed by atoms with Crippen LogP contribution in [0.1, 0.15) is 45.1 Å². The summed E-state index contributed by atoms with van der Waals surface area (Å²) in [6.07, 6.45) is 6.23. The van der Waals surface area contributed by atoms with Crippen molar-refractivity contribution in [3.63, 3.8) is 0 Å². The Kier molecular flexibility index (Phi) is 6.79. The lowest BCUT2D eigenvalue weighted by atomic mass is 9.95. The van der Waals surface area contributed by atoms with Gasteiger partial charge in [0, 0.05) is 17.8 Å². The predicted molar refractivity (Wildman–Crippen MR) is 96.2 cm³/mol. The third-order valence-corrected chi connectivity index (χ3v) is 4.15. The lowest BCUT2D eigenvalue weighted by Crippen LogP contribution is -2.39. The second-order valence-corrected chi connectivity index (χ2v) is 5.82. The average molecular weight is 327 g/mol. The number of carbonyl (C=O) groups is 1. The zero-order valence-electron chi connectivity index (χ0n) is 14.8. The van der Waals surface area contributed by atoms with Crippen LogP contribution in [0.5, 0.6) is 5.75 Å². The summed E-state index contributed by atoms with van der Waals surface area (Å²) in [6.45, 7) is 7.30. The van der Waals surface area contributed by atoms with Gasteiger partial charge < -0.3 is 10.1 Å². The van der Waals surface area contributed by atoms with Gasteiger partial charge in [-0.1, -0.05) is 13.8 Å². The van der Waals surface area contributed by atoms with E-state index >= 15 is 0 Å². The van der Waals surface area contributed by atoms with Crippen molar-refractivity contribution in [3.05, 3.63) is 54.4 Å². The molecule has 4 nitrogen and oxygen atoms in total. The molecule has 1 aromatic carbocycles. The van der Waals surface area contributed by atoms with Crippen LogP contribution in [0.3, 0.4) is 0 Å². The van der Waals surface area contributed by atoms with Gasteiger partial charge in [0.05, 0.1) is 6.61 Å². The van der Waals surface area contributed by atoms with Gasteiger partial charge in [0.1, 0.15) is 5.75 Å². The summed E-state index contributed by atoms with van der Waals surface area (Å²) < 4.78 is 7.29.